The van der Waals surface area contributed by atoms with Gasteiger partial charge in [-0.15, -0.1) is 10.2 Å². The number of hydrogen-bond donors (Lipinski definition) is 0. The second-order valence-electron chi connectivity index (χ2n) is 9.37. The molecule has 2 aromatic heterocycles. The zero-order chi connectivity index (χ0) is 22.2. The maximum Gasteiger partial charge on any atom is 0.213 e. The van der Waals surface area contributed by atoms with Crippen LogP contribution in [-0.2, 0) is 6.54 Å². The lowest BCUT2D eigenvalue weighted by Gasteiger charge is -2.36. The van der Waals surface area contributed by atoms with Gasteiger partial charge in [0.2, 0.25) is 5.95 Å². The Bertz CT molecular complexity index is 1270. The minimum Gasteiger partial charge on any atom is -0.339 e. The van der Waals surface area contributed by atoms with Crippen LogP contribution in [0.4, 0.5) is 5.95 Å². The highest BCUT2D eigenvalue weighted by Crippen LogP contribution is 2.34. The summed E-state index contributed by atoms with van der Waals surface area (Å²) in [7, 11) is 0. The standard InChI is InChI=1S/C26H29ClN6/c27-21-10-6-7-19(17-21)18-31-13-15-32(16-14-31)26-28-23-12-5-4-11-22(23)25-30-29-24(33(25)26)20-8-2-1-3-9-20/h4-7,10-12,17,20H,1-3,8-9,13-16,18H2. The molecule has 0 atom stereocenters. The van der Waals surface area contributed by atoms with Crippen molar-refractivity contribution in [2.24, 2.45) is 0 Å². The first kappa shape index (κ1) is 20.9. The number of aromatic nitrogens is 4. The van der Waals surface area contributed by atoms with Gasteiger partial charge in [0.25, 0.3) is 0 Å². The quantitative estimate of drug-likeness (QED) is 0.413. The second-order valence-corrected chi connectivity index (χ2v) is 9.81. The molecule has 0 amide bonds. The summed E-state index contributed by atoms with van der Waals surface area (Å²) in [5.74, 6) is 2.57. The monoisotopic (exact) mass is 460 g/mol. The maximum atomic E-state index is 6.19. The molecule has 2 aromatic carbocycles. The average Bonchev–Trinajstić information content (AvgIpc) is 3.30. The maximum absolute atomic E-state index is 6.19. The predicted octanol–water partition coefficient (Wildman–Crippen LogP) is 5.30. The van der Waals surface area contributed by atoms with Gasteiger partial charge in [0.15, 0.2) is 5.65 Å². The molecule has 170 valence electrons. The van der Waals surface area contributed by atoms with Gasteiger partial charge in [-0.3, -0.25) is 4.90 Å². The van der Waals surface area contributed by atoms with Gasteiger partial charge in [-0.25, -0.2) is 9.38 Å². The molecular formula is C26H29ClN6. The van der Waals surface area contributed by atoms with Crippen LogP contribution < -0.4 is 4.90 Å². The molecule has 0 radical (unpaired) electrons. The molecule has 33 heavy (non-hydrogen) atoms. The van der Waals surface area contributed by atoms with Gasteiger partial charge in [-0.2, -0.15) is 0 Å². The van der Waals surface area contributed by atoms with Crippen LogP contribution in [0.15, 0.2) is 48.5 Å². The Morgan fingerprint density at radius 1 is 0.879 bits per heavy atom. The van der Waals surface area contributed by atoms with Gasteiger partial charge in [-0.05, 0) is 42.7 Å². The lowest BCUT2D eigenvalue weighted by Crippen LogP contribution is -2.47. The Morgan fingerprint density at radius 2 is 1.70 bits per heavy atom. The molecule has 7 heteroatoms. The molecule has 1 saturated carbocycles. The molecule has 4 aromatic rings. The van der Waals surface area contributed by atoms with Gasteiger partial charge in [0.05, 0.1) is 5.52 Å². The number of benzene rings is 2. The van der Waals surface area contributed by atoms with E-state index in [1.165, 1.54) is 37.7 Å². The van der Waals surface area contributed by atoms with E-state index >= 15 is 0 Å². The Kier molecular flexibility index (Phi) is 5.64. The lowest BCUT2D eigenvalue weighted by atomic mass is 9.89. The van der Waals surface area contributed by atoms with Crippen molar-refractivity contribution in [2.45, 2.75) is 44.6 Å². The molecule has 0 N–H and O–H groups in total. The summed E-state index contributed by atoms with van der Waals surface area (Å²) in [6.45, 7) is 4.77. The van der Waals surface area contributed by atoms with Crippen LogP contribution in [0, 0.1) is 0 Å². The van der Waals surface area contributed by atoms with Gasteiger partial charge >= 0.3 is 0 Å². The zero-order valence-corrected chi connectivity index (χ0v) is 19.6. The summed E-state index contributed by atoms with van der Waals surface area (Å²) in [5.41, 5.74) is 3.20. The number of halogens is 1. The third-order valence-corrected chi connectivity index (χ3v) is 7.41. The predicted molar refractivity (Wildman–Crippen MR) is 133 cm³/mol. The van der Waals surface area contributed by atoms with Crippen LogP contribution in [-0.4, -0.2) is 50.7 Å². The molecule has 1 aliphatic carbocycles. The van der Waals surface area contributed by atoms with E-state index in [1.54, 1.807) is 0 Å². The molecule has 0 spiro atoms. The first-order chi connectivity index (χ1) is 16.3. The molecule has 2 aliphatic rings. The number of piperazine rings is 1. The normalized spacial score (nSPS) is 18.4. The van der Waals surface area contributed by atoms with E-state index < -0.39 is 0 Å². The summed E-state index contributed by atoms with van der Waals surface area (Å²) < 4.78 is 2.27. The van der Waals surface area contributed by atoms with Gasteiger partial charge in [0.1, 0.15) is 5.82 Å². The Labute approximate surface area is 199 Å². The van der Waals surface area contributed by atoms with Crippen molar-refractivity contribution in [3.63, 3.8) is 0 Å². The first-order valence-electron chi connectivity index (χ1n) is 12.1. The fraction of sp³-hybridized carbons (Fsp3) is 0.423. The Balaban J connectivity index is 1.32. The van der Waals surface area contributed by atoms with Gasteiger partial charge in [0, 0.05) is 49.1 Å². The molecule has 3 heterocycles. The second kappa shape index (κ2) is 8.92. The lowest BCUT2D eigenvalue weighted by molar-refractivity contribution is 0.248. The van der Waals surface area contributed by atoms with Crippen LogP contribution in [0.3, 0.4) is 0 Å². The Hall–Kier alpha value is -2.70. The molecule has 2 fully saturated rings. The van der Waals surface area contributed by atoms with Crippen molar-refractivity contribution < 1.29 is 0 Å². The van der Waals surface area contributed by atoms with E-state index in [9.17, 15) is 0 Å². The van der Waals surface area contributed by atoms with Crippen molar-refractivity contribution in [1.82, 2.24) is 24.5 Å². The van der Waals surface area contributed by atoms with Crippen molar-refractivity contribution in [3.8, 4) is 0 Å². The number of anilines is 1. The van der Waals surface area contributed by atoms with Gasteiger partial charge in [-0.1, -0.05) is 55.1 Å². The summed E-state index contributed by atoms with van der Waals surface area (Å²) in [5, 5.41) is 11.3. The van der Waals surface area contributed by atoms with Gasteiger partial charge < -0.3 is 4.90 Å². The minimum absolute atomic E-state index is 0.472. The van der Waals surface area contributed by atoms with Crippen LogP contribution in [0.1, 0.15) is 49.4 Å². The molecule has 1 saturated heterocycles. The van der Waals surface area contributed by atoms with E-state index in [1.807, 2.05) is 12.1 Å². The number of fused-ring (bicyclic) bond motifs is 3. The minimum atomic E-state index is 0.472. The molecule has 0 bridgehead atoms. The average molecular weight is 461 g/mol. The highest BCUT2D eigenvalue weighted by molar-refractivity contribution is 6.30. The smallest absolute Gasteiger partial charge is 0.213 e. The third kappa shape index (κ3) is 4.06. The summed E-state index contributed by atoms with van der Waals surface area (Å²) in [6.07, 6.45) is 6.27. The largest absolute Gasteiger partial charge is 0.339 e. The molecule has 6 rings (SSSR count). The van der Waals surface area contributed by atoms with Crippen molar-refractivity contribution >= 4 is 34.1 Å². The highest BCUT2D eigenvalue weighted by Gasteiger charge is 2.27. The van der Waals surface area contributed by atoms with E-state index in [0.717, 1.165) is 66.1 Å². The number of nitrogens with zero attached hydrogens (tertiary/aromatic N) is 6. The first-order valence-corrected chi connectivity index (χ1v) is 12.5. The van der Waals surface area contributed by atoms with Crippen molar-refractivity contribution in [3.05, 3.63) is 64.9 Å². The summed E-state index contributed by atoms with van der Waals surface area (Å²) >= 11 is 6.19. The van der Waals surface area contributed by atoms with Crippen LogP contribution >= 0.6 is 11.6 Å². The molecule has 0 unspecified atom stereocenters. The molecule has 6 nitrogen and oxygen atoms in total. The van der Waals surface area contributed by atoms with E-state index in [0.29, 0.717) is 5.92 Å². The fourth-order valence-electron chi connectivity index (χ4n) is 5.42. The number of para-hydroxylation sites is 1. The Morgan fingerprint density at radius 3 is 2.52 bits per heavy atom. The third-order valence-electron chi connectivity index (χ3n) is 7.17. The highest BCUT2D eigenvalue weighted by atomic mass is 35.5. The molecular weight excluding hydrogens is 432 g/mol. The van der Waals surface area contributed by atoms with Crippen LogP contribution in [0.5, 0.6) is 0 Å². The SMILES string of the molecule is Clc1cccc(CN2CCN(c3nc4ccccc4c4nnc(C5CCCCC5)n34)CC2)c1. The van der Waals surface area contributed by atoms with E-state index in [-0.39, 0.29) is 0 Å². The summed E-state index contributed by atoms with van der Waals surface area (Å²) in [6, 6.07) is 16.5. The summed E-state index contributed by atoms with van der Waals surface area (Å²) in [4.78, 5) is 10.1. The van der Waals surface area contributed by atoms with Crippen LogP contribution in [0.25, 0.3) is 16.6 Å². The topological polar surface area (TPSA) is 49.6 Å². The fourth-order valence-corrected chi connectivity index (χ4v) is 5.64. The number of rotatable bonds is 4. The van der Waals surface area contributed by atoms with Crippen molar-refractivity contribution in [1.29, 1.82) is 0 Å². The van der Waals surface area contributed by atoms with Crippen LogP contribution in [0.2, 0.25) is 5.02 Å². The molecule has 1 aliphatic heterocycles. The van der Waals surface area contributed by atoms with Crippen molar-refractivity contribution in [2.75, 3.05) is 31.1 Å². The zero-order valence-electron chi connectivity index (χ0n) is 18.8. The number of hydrogen-bond acceptors (Lipinski definition) is 5. The van der Waals surface area contributed by atoms with E-state index in [2.05, 4.69) is 55.7 Å². The van der Waals surface area contributed by atoms with E-state index in [4.69, 9.17) is 21.7 Å².